The van der Waals surface area contributed by atoms with Gasteiger partial charge >= 0.3 is 38.4 Å². The number of rotatable bonds is 16. The number of fused-ring (bicyclic) bond motifs is 1. The van der Waals surface area contributed by atoms with Crippen LogP contribution >= 0.6 is 14.5 Å². The second kappa shape index (κ2) is 17.7. The Bertz CT molecular complexity index is 1980. The second-order valence-corrected chi connectivity index (χ2v) is 16.9. The summed E-state index contributed by atoms with van der Waals surface area (Å²) < 4.78 is 82.9. The van der Waals surface area contributed by atoms with E-state index in [9.17, 15) is 43.7 Å². The third-order valence-corrected chi connectivity index (χ3v) is 11.8. The molecule has 4 heterocycles. The van der Waals surface area contributed by atoms with Gasteiger partial charge in [-0.05, 0) is 24.3 Å². The van der Waals surface area contributed by atoms with Gasteiger partial charge in [-0.3, -0.25) is 28.3 Å². The minimum Gasteiger partial charge on any atom is -0.462 e. The van der Waals surface area contributed by atoms with Gasteiger partial charge in [0.05, 0.1) is 6.33 Å². The molecule has 7 unspecified atom stereocenters. The number of imidazole rings is 1. The first kappa shape index (κ1) is 46.1. The number of methoxy groups -OCH3 is 1. The molecule has 24 nitrogen and oxygen atoms in total. The van der Waals surface area contributed by atoms with Crippen LogP contribution in [0, 0.1) is 0 Å². The summed E-state index contributed by atoms with van der Waals surface area (Å²) in [6, 6.07) is 0. The van der Waals surface area contributed by atoms with Gasteiger partial charge in [-0.2, -0.15) is 0 Å². The zero-order valence-corrected chi connectivity index (χ0v) is 33.5. The maximum atomic E-state index is 16.7. The molecule has 12 atom stereocenters. The van der Waals surface area contributed by atoms with Crippen molar-refractivity contribution in [2.75, 3.05) is 26.1 Å². The van der Waals surface area contributed by atoms with Crippen LogP contribution in [-0.2, 0) is 82.1 Å². The number of phosphoric acid groups is 1. The van der Waals surface area contributed by atoms with E-state index in [2.05, 4.69) is 21.5 Å². The number of aliphatic hydroxyl groups is 2. The fourth-order valence-electron chi connectivity index (χ4n) is 6.01. The minimum absolute atomic E-state index is 0.0221. The molecule has 0 aliphatic carbocycles. The van der Waals surface area contributed by atoms with Gasteiger partial charge in [0.15, 0.2) is 47.7 Å². The van der Waals surface area contributed by atoms with Gasteiger partial charge in [-0.25, -0.2) is 28.2 Å². The van der Waals surface area contributed by atoms with Crippen molar-refractivity contribution in [2.24, 2.45) is 0 Å². The summed E-state index contributed by atoms with van der Waals surface area (Å²) in [4.78, 5) is 81.1. The van der Waals surface area contributed by atoms with Crippen LogP contribution in [0.4, 0.5) is 10.2 Å². The number of nitrogen functional groups attached to an aromatic ring is 1. The number of carbonyl (C=O) groups excluding carboxylic acids is 4. The molecule has 2 aliphatic rings. The molecule has 0 spiro atoms. The van der Waals surface area contributed by atoms with Gasteiger partial charge in [0.2, 0.25) is 6.29 Å². The molecule has 2 aliphatic heterocycles. The van der Waals surface area contributed by atoms with Crippen LogP contribution in [0.15, 0.2) is 24.8 Å². The van der Waals surface area contributed by atoms with E-state index >= 15 is 4.39 Å². The van der Waals surface area contributed by atoms with Crippen molar-refractivity contribution < 1.29 is 94.6 Å². The molecule has 57 heavy (non-hydrogen) atoms. The average molecular weight is 876 g/mol. The molecule has 2 fully saturated rings. The summed E-state index contributed by atoms with van der Waals surface area (Å²) in [5.41, 5.74) is 3.90. The number of aromatic nitrogens is 4. The molecular weight excluding hydrogens is 835 g/mol. The minimum atomic E-state index is -5.84. The molecular formula is C29H40FN5O19P2S. The number of hydrogen-bond acceptors (Lipinski definition) is 22. The maximum Gasteiger partial charge on any atom is 0.481 e. The first-order valence-corrected chi connectivity index (χ1v) is 20.3. The summed E-state index contributed by atoms with van der Waals surface area (Å²) in [5.74, 6) is -7.42. The highest BCUT2D eigenvalue weighted by atomic mass is 32.5. The lowest BCUT2D eigenvalue weighted by Crippen LogP contribution is -2.64. The quantitative estimate of drug-likeness (QED) is 0.0627. The number of phosphoric ester groups is 1. The Hall–Kier alpha value is -3.62. The topological polar surface area (TPSA) is 328 Å². The van der Waals surface area contributed by atoms with E-state index < -0.39 is 112 Å². The number of carbonyl (C=O) groups is 4. The summed E-state index contributed by atoms with van der Waals surface area (Å²) in [5, 5.41) is 22.6. The molecule has 0 saturated carbocycles. The summed E-state index contributed by atoms with van der Waals surface area (Å²) in [7, 11) is -4.73. The van der Waals surface area contributed by atoms with E-state index in [1.54, 1.807) is 0 Å². The predicted molar refractivity (Wildman–Crippen MR) is 187 cm³/mol. The van der Waals surface area contributed by atoms with E-state index in [1.807, 2.05) is 0 Å². The number of nitrogens with zero attached hydrogens (tertiary/aromatic N) is 4. The second-order valence-electron chi connectivity index (χ2n) is 12.5. The molecule has 2 aromatic heterocycles. The summed E-state index contributed by atoms with van der Waals surface area (Å²) in [6.45, 7) is 1.47. The lowest BCUT2D eigenvalue weighted by Gasteiger charge is -2.44. The number of anilines is 1. The Kier molecular flexibility index (Phi) is 14.3. The smallest absolute Gasteiger partial charge is 0.462 e. The third-order valence-electron chi connectivity index (χ3n) is 8.30. The summed E-state index contributed by atoms with van der Waals surface area (Å²) >= 11 is 4.84. The van der Waals surface area contributed by atoms with Crippen molar-refractivity contribution in [3.05, 3.63) is 24.8 Å². The first-order valence-electron chi connectivity index (χ1n) is 16.2. The highest BCUT2D eigenvalue weighted by Crippen LogP contribution is 2.63. The predicted octanol–water partition coefficient (Wildman–Crippen LogP) is -0.264. The van der Waals surface area contributed by atoms with Crippen molar-refractivity contribution in [3.8, 4) is 0 Å². The van der Waals surface area contributed by atoms with E-state index in [4.69, 9.17) is 64.1 Å². The molecule has 0 aromatic carbocycles. The number of alkyl halides is 1. The Labute approximate surface area is 327 Å². The van der Waals surface area contributed by atoms with Crippen molar-refractivity contribution in [1.29, 1.82) is 0 Å². The maximum absolute atomic E-state index is 16.7. The highest BCUT2D eigenvalue weighted by Gasteiger charge is 2.67. The monoisotopic (exact) mass is 875 g/mol. The Morgan fingerprint density at radius 2 is 1.68 bits per heavy atom. The van der Waals surface area contributed by atoms with Crippen LogP contribution in [0.3, 0.4) is 0 Å². The fourth-order valence-corrected chi connectivity index (χ4v) is 9.08. The van der Waals surface area contributed by atoms with Crippen LogP contribution in [0.5, 0.6) is 0 Å². The van der Waals surface area contributed by atoms with Gasteiger partial charge in [0.25, 0.3) is 5.85 Å². The van der Waals surface area contributed by atoms with Gasteiger partial charge in [0, 0.05) is 34.8 Å². The number of ether oxygens (including phenoxy) is 7. The molecule has 6 N–H and O–H groups in total. The Morgan fingerprint density at radius 1 is 1.05 bits per heavy atom. The lowest BCUT2D eigenvalue weighted by atomic mass is 9.86. The lowest BCUT2D eigenvalue weighted by molar-refractivity contribution is -0.299. The highest BCUT2D eigenvalue weighted by molar-refractivity contribution is 8.08. The molecule has 28 heteroatoms. The number of hydrogen-bond donors (Lipinski definition) is 5. The van der Waals surface area contributed by atoms with E-state index in [0.717, 1.165) is 52.0 Å². The number of esters is 4. The Morgan fingerprint density at radius 3 is 2.25 bits per heavy atom. The zero-order chi connectivity index (χ0) is 42.8. The SMILES string of the molecule is C=C(C)[C@]1(OC)[C@H](n2cnc3c(N)ncnc32)O[C@](F)(COP(O)(=S)OP(=O)(O)OC2OC([C@H](COC(C)=O)OC(C)=O)C(OC(C)=O)C(O)C2OC(C)=O)[C@H]1O. The molecule has 2 aromatic rings. The number of halogens is 1. The van der Waals surface area contributed by atoms with Crippen LogP contribution in [0.1, 0.15) is 40.8 Å². The molecule has 2 saturated heterocycles. The zero-order valence-electron chi connectivity index (χ0n) is 30.9. The van der Waals surface area contributed by atoms with Crippen molar-refractivity contribution in [1.82, 2.24) is 19.5 Å². The van der Waals surface area contributed by atoms with Crippen molar-refractivity contribution in [2.45, 2.75) is 95.2 Å². The van der Waals surface area contributed by atoms with Crippen LogP contribution in [0.2, 0.25) is 0 Å². The first-order chi connectivity index (χ1) is 26.4. The molecule has 318 valence electrons. The van der Waals surface area contributed by atoms with E-state index in [1.165, 1.54) is 6.92 Å². The number of nitrogens with two attached hydrogens (primary N) is 1. The van der Waals surface area contributed by atoms with E-state index in [-0.39, 0.29) is 22.6 Å². The average Bonchev–Trinajstić information content (AvgIpc) is 3.61. The third kappa shape index (κ3) is 10.2. The van der Waals surface area contributed by atoms with Crippen LogP contribution < -0.4 is 5.73 Å². The van der Waals surface area contributed by atoms with Gasteiger partial charge < -0.3 is 63.4 Å². The van der Waals surface area contributed by atoms with Crippen molar-refractivity contribution in [3.63, 3.8) is 0 Å². The largest absolute Gasteiger partial charge is 0.481 e. The van der Waals surface area contributed by atoms with Crippen molar-refractivity contribution >= 4 is 67.2 Å². The van der Waals surface area contributed by atoms with Gasteiger partial charge in [-0.15, -0.1) is 0 Å². The van der Waals surface area contributed by atoms with Crippen LogP contribution in [0.25, 0.3) is 11.2 Å². The Balaban J connectivity index is 1.60. The molecule has 0 amide bonds. The normalized spacial score (nSPS) is 31.4. The molecule has 4 rings (SSSR count). The van der Waals surface area contributed by atoms with Gasteiger partial charge in [-0.1, -0.05) is 6.58 Å². The van der Waals surface area contributed by atoms with Crippen LogP contribution in [-0.4, -0.2) is 138 Å². The molecule has 0 radical (unpaired) electrons. The molecule has 0 bridgehead atoms. The van der Waals surface area contributed by atoms with E-state index in [0.29, 0.717) is 0 Å². The fraction of sp³-hybridized carbons (Fsp3) is 0.621. The standard InChI is InChI=1S/C29H40FN5O19P2S/c1-12(2)29(45-7)26(41)28(30,52-27(29)35-11-34-18-23(31)32-10-33-24(18)35)9-47-56(44,57)54-55(42,43)53-25-22(50-16(6)39)19(40)21(49-15(5)38)20(51-25)17(48-14(4)37)8-46-13(3)36/h10-11,17,19-22,25-27,40-41H,1,8-9H2,2-7H3,(H,42,43)(H,44,57)(H2,31,32,33)/t17-,19?,20?,21?,22?,25?,26+,27+,28+,29+,56?/m0/s1. The number of aliphatic hydroxyl groups excluding tert-OH is 2. The van der Waals surface area contributed by atoms with Gasteiger partial charge in [0.1, 0.15) is 37.3 Å². The summed E-state index contributed by atoms with van der Waals surface area (Å²) in [6.07, 6.45) is -13.9.